The number of ether oxygens (including phenoxy) is 1. The molecule has 0 bridgehead atoms. The van der Waals surface area contributed by atoms with Gasteiger partial charge in [0.05, 0.1) is 4.90 Å². The summed E-state index contributed by atoms with van der Waals surface area (Å²) in [5.74, 6) is 1.13. The highest BCUT2D eigenvalue weighted by atomic mass is 32.2. The lowest BCUT2D eigenvalue weighted by atomic mass is 10.1. The van der Waals surface area contributed by atoms with Gasteiger partial charge in [0.25, 0.3) is 5.91 Å². The van der Waals surface area contributed by atoms with Crippen molar-refractivity contribution in [1.29, 1.82) is 0 Å². The number of piperazine rings is 1. The number of hydrogen-bond donors (Lipinski definition) is 0. The maximum atomic E-state index is 13.2. The maximum Gasteiger partial charge on any atom is 0.254 e. The van der Waals surface area contributed by atoms with Crippen molar-refractivity contribution in [2.24, 2.45) is 0 Å². The van der Waals surface area contributed by atoms with E-state index in [0.29, 0.717) is 30.2 Å². The molecular weight excluding hydrogens is 448 g/mol. The zero-order valence-electron chi connectivity index (χ0n) is 18.5. The van der Waals surface area contributed by atoms with Crippen LogP contribution in [0.1, 0.15) is 10.4 Å². The molecule has 1 amide bonds. The van der Waals surface area contributed by atoms with E-state index in [0.717, 1.165) is 10.8 Å². The topological polar surface area (TPSA) is 66.9 Å². The molecule has 0 unspecified atom stereocenters. The standard InChI is InChI=1S/C27H24N2O4S/c30-27(23-9-6-12-25(19-23)33-24-10-2-1-3-11-24)28-15-17-29(18-16-28)34(31,32)26-14-13-21-7-4-5-8-22(21)20-26/h1-14,19-20H,15-18H2. The quantitative estimate of drug-likeness (QED) is 0.419. The molecule has 0 saturated carbocycles. The van der Waals surface area contributed by atoms with Gasteiger partial charge in [-0.15, -0.1) is 0 Å². The molecule has 0 aromatic heterocycles. The molecular formula is C27H24N2O4S. The van der Waals surface area contributed by atoms with E-state index >= 15 is 0 Å². The zero-order chi connectivity index (χ0) is 23.5. The molecule has 0 N–H and O–H groups in total. The van der Waals surface area contributed by atoms with Gasteiger partial charge in [-0.1, -0.05) is 54.6 Å². The maximum absolute atomic E-state index is 13.2. The van der Waals surface area contributed by atoms with Crippen LogP contribution < -0.4 is 4.74 Å². The first kappa shape index (κ1) is 22.1. The number of carbonyl (C=O) groups is 1. The average Bonchev–Trinajstić information content (AvgIpc) is 2.89. The summed E-state index contributed by atoms with van der Waals surface area (Å²) in [7, 11) is -3.63. The molecule has 1 fully saturated rings. The smallest absolute Gasteiger partial charge is 0.254 e. The first-order valence-corrected chi connectivity index (χ1v) is 12.6. The fourth-order valence-electron chi connectivity index (χ4n) is 4.11. The molecule has 0 aliphatic carbocycles. The van der Waals surface area contributed by atoms with E-state index < -0.39 is 10.0 Å². The first-order valence-electron chi connectivity index (χ1n) is 11.1. The lowest BCUT2D eigenvalue weighted by Crippen LogP contribution is -2.50. The predicted molar refractivity (Wildman–Crippen MR) is 132 cm³/mol. The molecule has 1 aliphatic heterocycles. The van der Waals surface area contributed by atoms with E-state index in [9.17, 15) is 13.2 Å². The van der Waals surface area contributed by atoms with E-state index in [2.05, 4.69) is 0 Å². The molecule has 5 rings (SSSR count). The predicted octanol–water partition coefficient (Wildman–Crippen LogP) is 4.78. The average molecular weight is 473 g/mol. The summed E-state index contributed by atoms with van der Waals surface area (Å²) in [4.78, 5) is 15.0. The second-order valence-electron chi connectivity index (χ2n) is 8.15. The molecule has 1 aliphatic rings. The lowest BCUT2D eigenvalue weighted by Gasteiger charge is -2.34. The van der Waals surface area contributed by atoms with Gasteiger partial charge in [0.15, 0.2) is 0 Å². The first-order chi connectivity index (χ1) is 16.5. The van der Waals surface area contributed by atoms with Gasteiger partial charge in [-0.05, 0) is 53.2 Å². The Bertz CT molecular complexity index is 1430. The minimum Gasteiger partial charge on any atom is -0.457 e. The monoisotopic (exact) mass is 472 g/mol. The van der Waals surface area contributed by atoms with Crippen molar-refractivity contribution in [2.75, 3.05) is 26.2 Å². The van der Waals surface area contributed by atoms with Gasteiger partial charge >= 0.3 is 0 Å². The van der Waals surface area contributed by atoms with Crippen LogP contribution in [0.3, 0.4) is 0 Å². The Kier molecular flexibility index (Phi) is 6.04. The van der Waals surface area contributed by atoms with Crippen LogP contribution in [-0.2, 0) is 10.0 Å². The molecule has 0 radical (unpaired) electrons. The van der Waals surface area contributed by atoms with E-state index in [1.807, 2.05) is 60.7 Å². The highest BCUT2D eigenvalue weighted by molar-refractivity contribution is 7.89. The number of rotatable bonds is 5. The third-order valence-electron chi connectivity index (χ3n) is 5.94. The molecule has 1 heterocycles. The zero-order valence-corrected chi connectivity index (χ0v) is 19.3. The van der Waals surface area contributed by atoms with Crippen LogP contribution in [0.4, 0.5) is 0 Å². The molecule has 1 saturated heterocycles. The molecule has 0 spiro atoms. The summed E-state index contributed by atoms with van der Waals surface area (Å²) in [5, 5.41) is 1.88. The summed E-state index contributed by atoms with van der Waals surface area (Å²) in [6.07, 6.45) is 0. The largest absolute Gasteiger partial charge is 0.457 e. The Labute approximate surface area is 199 Å². The molecule has 0 atom stereocenters. The van der Waals surface area contributed by atoms with Crippen molar-refractivity contribution < 1.29 is 17.9 Å². The van der Waals surface area contributed by atoms with Gasteiger partial charge < -0.3 is 9.64 Å². The fourth-order valence-corrected chi connectivity index (χ4v) is 5.57. The van der Waals surface area contributed by atoms with Gasteiger partial charge in [0, 0.05) is 31.7 Å². The van der Waals surface area contributed by atoms with Crippen molar-refractivity contribution in [3.63, 3.8) is 0 Å². The van der Waals surface area contributed by atoms with Gasteiger partial charge in [-0.2, -0.15) is 4.31 Å². The molecule has 34 heavy (non-hydrogen) atoms. The van der Waals surface area contributed by atoms with E-state index in [1.54, 1.807) is 41.3 Å². The molecule has 4 aromatic rings. The Morgan fingerprint density at radius 2 is 1.35 bits per heavy atom. The Morgan fingerprint density at radius 1 is 0.676 bits per heavy atom. The number of hydrogen-bond acceptors (Lipinski definition) is 4. The van der Waals surface area contributed by atoms with Crippen molar-refractivity contribution in [2.45, 2.75) is 4.90 Å². The van der Waals surface area contributed by atoms with Gasteiger partial charge in [0.1, 0.15) is 11.5 Å². The minimum absolute atomic E-state index is 0.138. The second-order valence-corrected chi connectivity index (χ2v) is 10.1. The fraction of sp³-hybridized carbons (Fsp3) is 0.148. The van der Waals surface area contributed by atoms with Crippen LogP contribution in [0.25, 0.3) is 10.8 Å². The van der Waals surface area contributed by atoms with E-state index in [4.69, 9.17) is 4.74 Å². The number of sulfonamides is 1. The second kappa shape index (κ2) is 9.29. The molecule has 4 aromatic carbocycles. The van der Waals surface area contributed by atoms with Gasteiger partial charge in [-0.3, -0.25) is 4.79 Å². The normalized spacial score (nSPS) is 14.8. The number of para-hydroxylation sites is 1. The van der Waals surface area contributed by atoms with Crippen LogP contribution in [0.15, 0.2) is 102 Å². The third-order valence-corrected chi connectivity index (χ3v) is 7.84. The van der Waals surface area contributed by atoms with Crippen LogP contribution in [0.5, 0.6) is 11.5 Å². The number of carbonyl (C=O) groups excluding carboxylic acids is 1. The summed E-state index contributed by atoms with van der Waals surface area (Å²) in [6.45, 7) is 1.16. The minimum atomic E-state index is -3.63. The number of fused-ring (bicyclic) bond motifs is 1. The highest BCUT2D eigenvalue weighted by Gasteiger charge is 2.30. The van der Waals surface area contributed by atoms with Crippen LogP contribution >= 0.6 is 0 Å². The van der Waals surface area contributed by atoms with E-state index in [1.165, 1.54) is 4.31 Å². The van der Waals surface area contributed by atoms with Crippen molar-refractivity contribution in [1.82, 2.24) is 9.21 Å². The number of nitrogens with zero attached hydrogens (tertiary/aromatic N) is 2. The molecule has 172 valence electrons. The number of benzene rings is 4. The summed E-state index contributed by atoms with van der Waals surface area (Å²) in [5.41, 5.74) is 0.513. The Hall–Kier alpha value is -3.68. The Morgan fingerprint density at radius 3 is 2.12 bits per heavy atom. The summed E-state index contributed by atoms with van der Waals surface area (Å²) < 4.78 is 33.7. The van der Waals surface area contributed by atoms with Crippen molar-refractivity contribution in [3.8, 4) is 11.5 Å². The SMILES string of the molecule is O=C(c1cccc(Oc2ccccc2)c1)N1CCN(S(=O)(=O)c2ccc3ccccc3c2)CC1. The van der Waals surface area contributed by atoms with Crippen LogP contribution in [-0.4, -0.2) is 49.7 Å². The number of amides is 1. The summed E-state index contributed by atoms with van der Waals surface area (Å²) >= 11 is 0. The third kappa shape index (κ3) is 4.53. The van der Waals surface area contributed by atoms with Crippen LogP contribution in [0, 0.1) is 0 Å². The summed E-state index contributed by atoms with van der Waals surface area (Å²) in [6, 6.07) is 29.3. The molecule has 7 heteroatoms. The van der Waals surface area contributed by atoms with Crippen LogP contribution in [0.2, 0.25) is 0 Å². The Balaban J connectivity index is 1.26. The lowest BCUT2D eigenvalue weighted by molar-refractivity contribution is 0.0697. The molecule has 6 nitrogen and oxygen atoms in total. The van der Waals surface area contributed by atoms with Crippen molar-refractivity contribution >= 4 is 26.7 Å². The van der Waals surface area contributed by atoms with Gasteiger partial charge in [0.2, 0.25) is 10.0 Å². The van der Waals surface area contributed by atoms with E-state index in [-0.39, 0.29) is 23.9 Å². The van der Waals surface area contributed by atoms with Gasteiger partial charge in [-0.25, -0.2) is 8.42 Å². The van der Waals surface area contributed by atoms with Crippen molar-refractivity contribution in [3.05, 3.63) is 103 Å². The highest BCUT2D eigenvalue weighted by Crippen LogP contribution is 2.25.